The quantitative estimate of drug-likeness (QED) is 0.900. The summed E-state index contributed by atoms with van der Waals surface area (Å²) < 4.78 is 7.25. The number of nitrogens with one attached hydrogen (secondary N) is 1. The first-order valence-corrected chi connectivity index (χ1v) is 6.78. The van der Waals surface area contributed by atoms with E-state index in [1.54, 1.807) is 20.0 Å². The predicted molar refractivity (Wildman–Crippen MR) is 72.2 cm³/mol. The minimum Gasteiger partial charge on any atom is -0.436 e. The van der Waals surface area contributed by atoms with E-state index >= 15 is 0 Å². The summed E-state index contributed by atoms with van der Waals surface area (Å²) >= 11 is 0. The fourth-order valence-electron chi connectivity index (χ4n) is 2.40. The van der Waals surface area contributed by atoms with Gasteiger partial charge < -0.3 is 9.73 Å². The molecule has 0 aromatic carbocycles. The van der Waals surface area contributed by atoms with Gasteiger partial charge >= 0.3 is 0 Å². The zero-order valence-electron chi connectivity index (χ0n) is 11.7. The van der Waals surface area contributed by atoms with Gasteiger partial charge in [0.15, 0.2) is 5.89 Å². The number of hydrogen-bond acceptors (Lipinski definition) is 4. The van der Waals surface area contributed by atoms with Crippen LogP contribution in [0.5, 0.6) is 0 Å². The average molecular weight is 274 g/mol. The van der Waals surface area contributed by atoms with E-state index in [1.165, 1.54) is 0 Å². The number of rotatable bonds is 5. The molecule has 0 atom stereocenters. The van der Waals surface area contributed by atoms with Gasteiger partial charge in [0.25, 0.3) is 5.91 Å². The molecule has 6 nitrogen and oxygen atoms in total. The van der Waals surface area contributed by atoms with E-state index in [9.17, 15) is 4.79 Å². The Labute approximate surface area is 117 Å². The van der Waals surface area contributed by atoms with Crippen molar-refractivity contribution < 1.29 is 9.21 Å². The van der Waals surface area contributed by atoms with Gasteiger partial charge in [-0.15, -0.1) is 0 Å². The van der Waals surface area contributed by atoms with Crippen molar-refractivity contribution in [2.45, 2.75) is 33.2 Å². The summed E-state index contributed by atoms with van der Waals surface area (Å²) in [6, 6.07) is 1.91. The zero-order chi connectivity index (χ0) is 14.2. The number of nitrogens with zero attached hydrogens (tertiary/aromatic N) is 3. The maximum absolute atomic E-state index is 12.1. The smallest absolute Gasteiger partial charge is 0.289 e. The molecule has 1 fully saturated rings. The highest BCUT2D eigenvalue weighted by molar-refractivity contribution is 5.92. The van der Waals surface area contributed by atoms with Crippen molar-refractivity contribution in [3.05, 3.63) is 35.8 Å². The Morgan fingerprint density at radius 1 is 1.50 bits per heavy atom. The maximum Gasteiger partial charge on any atom is 0.289 e. The Morgan fingerprint density at radius 2 is 2.30 bits per heavy atom. The SMILES string of the molecule is Cc1nc(C)c(C(=O)NCC2(Cn3cccn3)CC2)o1. The second-order valence-electron chi connectivity index (χ2n) is 5.53. The molecule has 0 aliphatic heterocycles. The van der Waals surface area contributed by atoms with Crippen molar-refractivity contribution >= 4 is 5.91 Å². The number of hydrogen-bond donors (Lipinski definition) is 1. The molecular weight excluding hydrogens is 256 g/mol. The minimum atomic E-state index is -0.185. The molecule has 20 heavy (non-hydrogen) atoms. The van der Waals surface area contributed by atoms with Crippen LogP contribution in [0.1, 0.15) is 35.0 Å². The van der Waals surface area contributed by atoms with Crippen molar-refractivity contribution in [3.8, 4) is 0 Å². The van der Waals surface area contributed by atoms with Crippen LogP contribution < -0.4 is 5.32 Å². The van der Waals surface area contributed by atoms with Gasteiger partial charge in [-0.1, -0.05) is 0 Å². The van der Waals surface area contributed by atoms with Crippen molar-refractivity contribution in [1.82, 2.24) is 20.1 Å². The second-order valence-corrected chi connectivity index (χ2v) is 5.53. The lowest BCUT2D eigenvalue weighted by Crippen LogP contribution is -2.32. The van der Waals surface area contributed by atoms with Crippen LogP contribution in [0.4, 0.5) is 0 Å². The van der Waals surface area contributed by atoms with E-state index in [1.807, 2.05) is 16.9 Å². The Kier molecular flexibility index (Phi) is 3.08. The van der Waals surface area contributed by atoms with E-state index in [4.69, 9.17) is 4.42 Å². The summed E-state index contributed by atoms with van der Waals surface area (Å²) in [7, 11) is 0. The summed E-state index contributed by atoms with van der Waals surface area (Å²) in [5, 5.41) is 7.17. The summed E-state index contributed by atoms with van der Waals surface area (Å²) in [5.74, 6) is 0.651. The van der Waals surface area contributed by atoms with Gasteiger partial charge in [-0.25, -0.2) is 4.98 Å². The molecule has 1 aliphatic rings. The Bertz CT molecular complexity index is 611. The highest BCUT2D eigenvalue weighted by atomic mass is 16.4. The van der Waals surface area contributed by atoms with Gasteiger partial charge in [0.05, 0.1) is 5.69 Å². The normalized spacial score (nSPS) is 16.1. The van der Waals surface area contributed by atoms with Gasteiger partial charge in [-0.2, -0.15) is 5.10 Å². The predicted octanol–water partition coefficient (Wildman–Crippen LogP) is 1.70. The fraction of sp³-hybridized carbons (Fsp3) is 0.500. The van der Waals surface area contributed by atoms with Crippen LogP contribution in [-0.4, -0.2) is 27.2 Å². The monoisotopic (exact) mass is 274 g/mol. The zero-order valence-corrected chi connectivity index (χ0v) is 11.7. The van der Waals surface area contributed by atoms with Crippen LogP contribution >= 0.6 is 0 Å². The van der Waals surface area contributed by atoms with E-state index in [2.05, 4.69) is 15.4 Å². The van der Waals surface area contributed by atoms with Crippen LogP contribution in [0.15, 0.2) is 22.9 Å². The number of carbonyl (C=O) groups excluding carboxylic acids is 1. The molecule has 106 valence electrons. The number of oxazole rings is 1. The molecule has 0 bridgehead atoms. The van der Waals surface area contributed by atoms with Crippen LogP contribution in [-0.2, 0) is 6.54 Å². The van der Waals surface area contributed by atoms with Crippen LogP contribution in [0, 0.1) is 19.3 Å². The molecule has 2 heterocycles. The lowest BCUT2D eigenvalue weighted by atomic mass is 10.1. The van der Waals surface area contributed by atoms with Crippen molar-refractivity contribution in [2.75, 3.05) is 6.54 Å². The number of carbonyl (C=O) groups is 1. The number of aromatic nitrogens is 3. The van der Waals surface area contributed by atoms with E-state index in [0.717, 1.165) is 19.4 Å². The summed E-state index contributed by atoms with van der Waals surface area (Å²) in [6.07, 6.45) is 5.95. The molecule has 0 saturated heterocycles. The van der Waals surface area contributed by atoms with Crippen LogP contribution in [0.2, 0.25) is 0 Å². The molecule has 0 unspecified atom stereocenters. The standard InChI is InChI=1S/C14H18N4O2/c1-10-12(20-11(2)17-10)13(19)15-8-14(4-5-14)9-18-7-3-6-16-18/h3,6-7H,4-5,8-9H2,1-2H3,(H,15,19). The molecule has 2 aromatic heterocycles. The molecule has 0 radical (unpaired) electrons. The van der Waals surface area contributed by atoms with Gasteiger partial charge in [0, 0.05) is 37.8 Å². The average Bonchev–Trinajstić information content (AvgIpc) is 2.81. The maximum atomic E-state index is 12.1. The molecule has 3 rings (SSSR count). The Morgan fingerprint density at radius 3 is 2.85 bits per heavy atom. The highest BCUT2D eigenvalue weighted by Crippen LogP contribution is 2.46. The fourth-order valence-corrected chi connectivity index (χ4v) is 2.40. The van der Waals surface area contributed by atoms with E-state index in [-0.39, 0.29) is 11.3 Å². The first kappa shape index (κ1) is 12.9. The molecule has 1 saturated carbocycles. The third-order valence-corrected chi connectivity index (χ3v) is 3.75. The molecule has 0 spiro atoms. The largest absolute Gasteiger partial charge is 0.436 e. The van der Waals surface area contributed by atoms with Crippen LogP contribution in [0.25, 0.3) is 0 Å². The van der Waals surface area contributed by atoms with Gasteiger partial charge in [-0.05, 0) is 25.8 Å². The van der Waals surface area contributed by atoms with Gasteiger partial charge in [0.1, 0.15) is 0 Å². The first-order valence-electron chi connectivity index (χ1n) is 6.78. The molecule has 6 heteroatoms. The molecular formula is C14H18N4O2. The van der Waals surface area contributed by atoms with Crippen molar-refractivity contribution in [2.24, 2.45) is 5.41 Å². The Hall–Kier alpha value is -2.11. The summed E-state index contributed by atoms with van der Waals surface area (Å²) in [5.41, 5.74) is 0.780. The van der Waals surface area contributed by atoms with Gasteiger partial charge in [-0.3, -0.25) is 9.48 Å². The third-order valence-electron chi connectivity index (χ3n) is 3.75. The van der Waals surface area contributed by atoms with Gasteiger partial charge in [0.2, 0.25) is 5.76 Å². The Balaban J connectivity index is 1.59. The van der Waals surface area contributed by atoms with E-state index in [0.29, 0.717) is 23.9 Å². The number of aryl methyl sites for hydroxylation is 2. The van der Waals surface area contributed by atoms with E-state index < -0.39 is 0 Å². The highest BCUT2D eigenvalue weighted by Gasteiger charge is 2.43. The van der Waals surface area contributed by atoms with Crippen molar-refractivity contribution in [3.63, 3.8) is 0 Å². The molecule has 1 amide bonds. The molecule has 1 N–H and O–H groups in total. The molecule has 2 aromatic rings. The second kappa shape index (κ2) is 4.77. The first-order chi connectivity index (χ1) is 9.58. The van der Waals surface area contributed by atoms with Crippen molar-refractivity contribution in [1.29, 1.82) is 0 Å². The van der Waals surface area contributed by atoms with Crippen LogP contribution in [0.3, 0.4) is 0 Å². The lowest BCUT2D eigenvalue weighted by molar-refractivity contribution is 0.0912. The topological polar surface area (TPSA) is 73.0 Å². The summed E-state index contributed by atoms with van der Waals surface area (Å²) in [4.78, 5) is 16.2. The third kappa shape index (κ3) is 2.59. The number of amides is 1. The molecule has 1 aliphatic carbocycles. The lowest BCUT2D eigenvalue weighted by Gasteiger charge is -2.15. The summed E-state index contributed by atoms with van der Waals surface area (Å²) in [6.45, 7) is 5.01. The minimum absolute atomic E-state index is 0.144.